The molecule has 0 atom stereocenters. The van der Waals surface area contributed by atoms with Crippen LogP contribution in [0.25, 0.3) is 0 Å². The SMILES string of the molecule is COC(=O)c1cc(N(CC(C)C)c2ccnc(Cl)n2)ccc1Cl. The maximum absolute atomic E-state index is 11.8. The Bertz CT molecular complexity index is 707. The fraction of sp³-hybridized carbons (Fsp3) is 0.312. The zero-order chi connectivity index (χ0) is 17.0. The van der Waals surface area contributed by atoms with Gasteiger partial charge in [0.1, 0.15) is 5.82 Å². The Balaban J connectivity index is 2.49. The van der Waals surface area contributed by atoms with Crippen LogP contribution in [0.4, 0.5) is 11.5 Å². The molecule has 2 aromatic rings. The summed E-state index contributed by atoms with van der Waals surface area (Å²) in [7, 11) is 1.32. The normalized spacial score (nSPS) is 10.7. The molecule has 0 aliphatic rings. The molecule has 0 saturated heterocycles. The van der Waals surface area contributed by atoms with E-state index in [1.165, 1.54) is 7.11 Å². The van der Waals surface area contributed by atoms with Crippen LogP contribution in [0.15, 0.2) is 30.5 Å². The number of methoxy groups -OCH3 is 1. The van der Waals surface area contributed by atoms with Crippen molar-refractivity contribution in [3.8, 4) is 0 Å². The highest BCUT2D eigenvalue weighted by Gasteiger charge is 2.17. The van der Waals surface area contributed by atoms with Crippen molar-refractivity contribution in [3.05, 3.63) is 46.3 Å². The Morgan fingerprint density at radius 2 is 2.04 bits per heavy atom. The summed E-state index contributed by atoms with van der Waals surface area (Å²) in [6.45, 7) is 4.87. The second-order valence-electron chi connectivity index (χ2n) is 5.34. The van der Waals surface area contributed by atoms with Crippen molar-refractivity contribution in [2.24, 2.45) is 5.92 Å². The fourth-order valence-corrected chi connectivity index (χ4v) is 2.46. The van der Waals surface area contributed by atoms with Gasteiger partial charge in [0.25, 0.3) is 0 Å². The number of esters is 1. The molecule has 0 radical (unpaired) electrons. The number of nitrogens with zero attached hydrogens (tertiary/aromatic N) is 3. The highest BCUT2D eigenvalue weighted by molar-refractivity contribution is 6.33. The van der Waals surface area contributed by atoms with Crippen LogP contribution in [-0.2, 0) is 4.74 Å². The van der Waals surface area contributed by atoms with Crippen LogP contribution >= 0.6 is 23.2 Å². The average Bonchev–Trinajstić information content (AvgIpc) is 2.52. The molecule has 2 rings (SSSR count). The summed E-state index contributed by atoms with van der Waals surface area (Å²) >= 11 is 12.0. The molecule has 23 heavy (non-hydrogen) atoms. The van der Waals surface area contributed by atoms with Crippen LogP contribution in [0.5, 0.6) is 0 Å². The lowest BCUT2D eigenvalue weighted by molar-refractivity contribution is 0.0601. The Labute approximate surface area is 145 Å². The minimum absolute atomic E-state index is 0.165. The molecule has 0 bridgehead atoms. The van der Waals surface area contributed by atoms with Crippen molar-refractivity contribution in [2.45, 2.75) is 13.8 Å². The lowest BCUT2D eigenvalue weighted by Gasteiger charge is -2.26. The monoisotopic (exact) mass is 353 g/mol. The van der Waals surface area contributed by atoms with Gasteiger partial charge in [0.2, 0.25) is 5.28 Å². The van der Waals surface area contributed by atoms with Gasteiger partial charge in [0, 0.05) is 18.4 Å². The van der Waals surface area contributed by atoms with Crippen LogP contribution in [0.3, 0.4) is 0 Å². The molecule has 0 fully saturated rings. The Kier molecular flexibility index (Phi) is 5.80. The number of rotatable bonds is 5. The van der Waals surface area contributed by atoms with E-state index in [0.29, 0.717) is 28.9 Å². The molecule has 0 aliphatic heterocycles. The van der Waals surface area contributed by atoms with Gasteiger partial charge < -0.3 is 9.64 Å². The Morgan fingerprint density at radius 1 is 1.30 bits per heavy atom. The van der Waals surface area contributed by atoms with E-state index >= 15 is 0 Å². The first-order valence-corrected chi connectivity index (χ1v) is 7.82. The first-order valence-electron chi connectivity index (χ1n) is 7.06. The summed E-state index contributed by atoms with van der Waals surface area (Å²) < 4.78 is 4.77. The molecule has 7 heteroatoms. The predicted molar refractivity (Wildman–Crippen MR) is 91.7 cm³/mol. The lowest BCUT2D eigenvalue weighted by atomic mass is 10.1. The molecule has 0 saturated carbocycles. The molecular formula is C16H17Cl2N3O2. The molecule has 1 aromatic heterocycles. The largest absolute Gasteiger partial charge is 0.465 e. The number of ether oxygens (including phenoxy) is 1. The van der Waals surface area contributed by atoms with Gasteiger partial charge in [0.15, 0.2) is 0 Å². The van der Waals surface area contributed by atoms with Crippen molar-refractivity contribution in [1.82, 2.24) is 9.97 Å². The molecular weight excluding hydrogens is 337 g/mol. The third-order valence-electron chi connectivity index (χ3n) is 3.10. The molecule has 0 amide bonds. The second-order valence-corrected chi connectivity index (χ2v) is 6.09. The van der Waals surface area contributed by atoms with Gasteiger partial charge in [0.05, 0.1) is 17.7 Å². The maximum Gasteiger partial charge on any atom is 0.339 e. The van der Waals surface area contributed by atoms with Gasteiger partial charge in [-0.05, 0) is 41.8 Å². The molecule has 0 aliphatic carbocycles. The van der Waals surface area contributed by atoms with Gasteiger partial charge in [-0.1, -0.05) is 25.4 Å². The Hall–Kier alpha value is -1.85. The number of benzene rings is 1. The predicted octanol–water partition coefficient (Wildman–Crippen LogP) is 4.36. The topological polar surface area (TPSA) is 55.3 Å². The molecule has 1 aromatic carbocycles. The standard InChI is InChI=1S/C16H17Cl2N3O2/c1-10(2)9-21(14-6-7-19-16(18)20-14)11-4-5-13(17)12(8-11)15(22)23-3/h4-8,10H,9H2,1-3H3. The van der Waals surface area contributed by atoms with Crippen LogP contribution < -0.4 is 4.90 Å². The highest BCUT2D eigenvalue weighted by atomic mass is 35.5. The van der Waals surface area contributed by atoms with E-state index in [1.807, 2.05) is 11.0 Å². The molecule has 5 nitrogen and oxygen atoms in total. The van der Waals surface area contributed by atoms with Gasteiger partial charge >= 0.3 is 5.97 Å². The van der Waals surface area contributed by atoms with E-state index < -0.39 is 5.97 Å². The zero-order valence-electron chi connectivity index (χ0n) is 13.1. The zero-order valence-corrected chi connectivity index (χ0v) is 14.6. The van der Waals surface area contributed by atoms with Crippen LogP contribution in [-0.4, -0.2) is 29.6 Å². The van der Waals surface area contributed by atoms with Crippen molar-refractivity contribution in [3.63, 3.8) is 0 Å². The van der Waals surface area contributed by atoms with E-state index in [0.717, 1.165) is 5.69 Å². The van der Waals surface area contributed by atoms with Crippen LogP contribution in [0.1, 0.15) is 24.2 Å². The van der Waals surface area contributed by atoms with Gasteiger partial charge in [-0.15, -0.1) is 0 Å². The molecule has 0 unspecified atom stereocenters. The third-order valence-corrected chi connectivity index (χ3v) is 3.61. The van der Waals surface area contributed by atoms with E-state index in [-0.39, 0.29) is 5.28 Å². The summed E-state index contributed by atoms with van der Waals surface area (Å²) in [5.41, 5.74) is 1.08. The second kappa shape index (κ2) is 7.62. The highest BCUT2D eigenvalue weighted by Crippen LogP contribution is 2.29. The number of halogens is 2. The third kappa shape index (κ3) is 4.33. The van der Waals surface area contributed by atoms with E-state index in [2.05, 4.69) is 23.8 Å². The van der Waals surface area contributed by atoms with Gasteiger partial charge in [-0.25, -0.2) is 14.8 Å². The quantitative estimate of drug-likeness (QED) is 0.590. The number of anilines is 2. The molecule has 122 valence electrons. The number of hydrogen-bond donors (Lipinski definition) is 0. The van der Waals surface area contributed by atoms with E-state index in [4.69, 9.17) is 27.9 Å². The fourth-order valence-electron chi connectivity index (χ4n) is 2.12. The van der Waals surface area contributed by atoms with Crippen LogP contribution in [0, 0.1) is 5.92 Å². The van der Waals surface area contributed by atoms with Crippen molar-refractivity contribution in [1.29, 1.82) is 0 Å². The number of hydrogen-bond acceptors (Lipinski definition) is 5. The van der Waals surface area contributed by atoms with E-state index in [1.54, 1.807) is 24.4 Å². The first-order chi connectivity index (χ1) is 10.9. The van der Waals surface area contributed by atoms with Crippen molar-refractivity contribution in [2.75, 3.05) is 18.6 Å². The van der Waals surface area contributed by atoms with Crippen molar-refractivity contribution >= 4 is 40.7 Å². The number of carbonyl (C=O) groups is 1. The summed E-state index contributed by atoms with van der Waals surface area (Å²) in [5.74, 6) is 0.528. The Morgan fingerprint density at radius 3 is 2.65 bits per heavy atom. The van der Waals surface area contributed by atoms with Crippen molar-refractivity contribution < 1.29 is 9.53 Å². The average molecular weight is 354 g/mol. The number of aromatic nitrogens is 2. The molecule has 0 N–H and O–H groups in total. The summed E-state index contributed by atoms with van der Waals surface area (Å²) in [6.07, 6.45) is 1.59. The van der Waals surface area contributed by atoms with E-state index in [9.17, 15) is 4.79 Å². The smallest absolute Gasteiger partial charge is 0.339 e. The summed E-state index contributed by atoms with van der Waals surface area (Å²) in [6, 6.07) is 6.94. The van der Waals surface area contributed by atoms with Gasteiger partial charge in [-0.2, -0.15) is 0 Å². The summed E-state index contributed by atoms with van der Waals surface area (Å²) in [5, 5.41) is 0.504. The first kappa shape index (κ1) is 17.5. The minimum atomic E-state index is -0.484. The number of carbonyl (C=O) groups excluding carboxylic acids is 1. The van der Waals surface area contributed by atoms with Gasteiger partial charge in [-0.3, -0.25) is 0 Å². The van der Waals surface area contributed by atoms with Crippen LogP contribution in [0.2, 0.25) is 10.3 Å². The molecule has 0 spiro atoms. The maximum atomic E-state index is 11.8. The molecule has 1 heterocycles. The summed E-state index contributed by atoms with van der Waals surface area (Å²) in [4.78, 5) is 22.0. The lowest BCUT2D eigenvalue weighted by Crippen LogP contribution is -2.23. The minimum Gasteiger partial charge on any atom is -0.465 e.